The van der Waals surface area contributed by atoms with Crippen LogP contribution in [0.3, 0.4) is 0 Å². The molecule has 0 radical (unpaired) electrons. The summed E-state index contributed by atoms with van der Waals surface area (Å²) in [7, 11) is 0. The van der Waals surface area contributed by atoms with E-state index in [4.69, 9.17) is 0 Å². The molecule has 0 fully saturated rings. The van der Waals surface area contributed by atoms with Gasteiger partial charge in [0, 0.05) is 29.7 Å². The maximum Gasteiger partial charge on any atom is 0.170 e. The van der Waals surface area contributed by atoms with E-state index in [1.54, 1.807) is 35.4 Å². The molecule has 0 saturated carbocycles. The molecule has 0 amide bonds. The van der Waals surface area contributed by atoms with Crippen molar-refractivity contribution in [2.75, 3.05) is 0 Å². The topological polar surface area (TPSA) is 38.7 Å². The average molecular weight is 237 g/mol. The molecular weight excluding hydrogens is 230 g/mol. The van der Waals surface area contributed by atoms with Crippen molar-refractivity contribution in [1.82, 2.24) is 15.0 Å². The van der Waals surface area contributed by atoms with Gasteiger partial charge in [-0.2, -0.15) is 0 Å². The maximum atomic E-state index is 4.23. The standard InChI is InChI=1S/C13H7N3S/c1-2-10(7-14-5-1)3-4-11-6-12-13(15-8-11)16-9-17-12/h1-2,5-9H. The number of aromatic nitrogens is 3. The van der Waals surface area contributed by atoms with Crippen molar-refractivity contribution in [3.05, 3.63) is 53.4 Å². The lowest BCUT2D eigenvalue weighted by molar-refractivity contribution is 1.31. The second-order valence-corrected chi connectivity index (χ2v) is 4.28. The second kappa shape index (κ2) is 4.32. The molecule has 0 bridgehead atoms. The van der Waals surface area contributed by atoms with Crippen LogP contribution in [-0.2, 0) is 0 Å². The summed E-state index contributed by atoms with van der Waals surface area (Å²) in [6, 6.07) is 5.80. The third-order valence-electron chi connectivity index (χ3n) is 2.20. The van der Waals surface area contributed by atoms with Crippen molar-refractivity contribution < 1.29 is 0 Å². The number of pyridine rings is 2. The number of rotatable bonds is 0. The fourth-order valence-electron chi connectivity index (χ4n) is 1.40. The number of hydrogen-bond donors (Lipinski definition) is 0. The molecule has 3 aromatic rings. The molecule has 4 heteroatoms. The van der Waals surface area contributed by atoms with E-state index in [9.17, 15) is 0 Å². The van der Waals surface area contributed by atoms with Crippen LogP contribution in [0, 0.1) is 11.8 Å². The van der Waals surface area contributed by atoms with Gasteiger partial charge in [0.2, 0.25) is 0 Å². The predicted octanol–water partition coefficient (Wildman–Crippen LogP) is 2.49. The SMILES string of the molecule is C(#Cc1cnc2ncsc2c1)c1cccnc1. The van der Waals surface area contributed by atoms with Crippen molar-refractivity contribution in [3.63, 3.8) is 0 Å². The molecule has 3 aromatic heterocycles. The van der Waals surface area contributed by atoms with E-state index in [2.05, 4.69) is 26.8 Å². The fraction of sp³-hybridized carbons (Fsp3) is 0. The summed E-state index contributed by atoms with van der Waals surface area (Å²) >= 11 is 1.57. The van der Waals surface area contributed by atoms with Gasteiger partial charge >= 0.3 is 0 Å². The van der Waals surface area contributed by atoms with Crippen LogP contribution in [0.1, 0.15) is 11.1 Å². The Hall–Kier alpha value is -2.25. The lowest BCUT2D eigenvalue weighted by atomic mass is 10.2. The zero-order valence-electron chi connectivity index (χ0n) is 8.79. The smallest absolute Gasteiger partial charge is 0.170 e. The molecule has 0 aliphatic rings. The minimum Gasteiger partial charge on any atom is -0.263 e. The van der Waals surface area contributed by atoms with Crippen LogP contribution < -0.4 is 0 Å². The van der Waals surface area contributed by atoms with Crippen molar-refractivity contribution in [2.24, 2.45) is 0 Å². The fourth-order valence-corrected chi connectivity index (χ4v) is 2.08. The Labute approximate surface area is 102 Å². The van der Waals surface area contributed by atoms with Gasteiger partial charge in [-0.1, -0.05) is 11.8 Å². The summed E-state index contributed by atoms with van der Waals surface area (Å²) in [6.07, 6.45) is 5.22. The summed E-state index contributed by atoms with van der Waals surface area (Å²) in [6.45, 7) is 0. The molecule has 0 aliphatic carbocycles. The van der Waals surface area contributed by atoms with Crippen LogP contribution >= 0.6 is 11.3 Å². The Morgan fingerprint density at radius 2 is 2.00 bits per heavy atom. The maximum absolute atomic E-state index is 4.23. The third-order valence-corrected chi connectivity index (χ3v) is 2.97. The summed E-state index contributed by atoms with van der Waals surface area (Å²) in [5, 5.41) is 0. The highest BCUT2D eigenvalue weighted by atomic mass is 32.1. The highest BCUT2D eigenvalue weighted by molar-refractivity contribution is 7.16. The Morgan fingerprint density at radius 3 is 2.88 bits per heavy atom. The van der Waals surface area contributed by atoms with E-state index in [1.807, 2.05) is 18.2 Å². The lowest BCUT2D eigenvalue weighted by Crippen LogP contribution is -1.80. The van der Waals surface area contributed by atoms with E-state index < -0.39 is 0 Å². The van der Waals surface area contributed by atoms with E-state index >= 15 is 0 Å². The summed E-state index contributed by atoms with van der Waals surface area (Å²) < 4.78 is 1.06. The van der Waals surface area contributed by atoms with E-state index in [1.165, 1.54) is 0 Å². The Kier molecular flexibility index (Phi) is 2.53. The van der Waals surface area contributed by atoms with Crippen molar-refractivity contribution in [1.29, 1.82) is 0 Å². The van der Waals surface area contributed by atoms with E-state index in [-0.39, 0.29) is 0 Å². The molecule has 17 heavy (non-hydrogen) atoms. The Morgan fingerprint density at radius 1 is 1.06 bits per heavy atom. The molecule has 0 saturated heterocycles. The average Bonchev–Trinajstić information content (AvgIpc) is 2.85. The minimum atomic E-state index is 0.780. The van der Waals surface area contributed by atoms with Gasteiger partial charge in [0.25, 0.3) is 0 Å². The van der Waals surface area contributed by atoms with Gasteiger partial charge in [-0.3, -0.25) is 4.98 Å². The number of thiazole rings is 1. The van der Waals surface area contributed by atoms with Gasteiger partial charge in [-0.15, -0.1) is 11.3 Å². The van der Waals surface area contributed by atoms with E-state index in [0.717, 1.165) is 21.5 Å². The van der Waals surface area contributed by atoms with Crippen LogP contribution in [0.4, 0.5) is 0 Å². The van der Waals surface area contributed by atoms with Gasteiger partial charge in [-0.05, 0) is 18.2 Å². The molecular formula is C13H7N3S. The summed E-state index contributed by atoms with van der Waals surface area (Å²) in [5.41, 5.74) is 4.36. The molecule has 0 atom stereocenters. The summed E-state index contributed by atoms with van der Waals surface area (Å²) in [5.74, 6) is 6.12. The van der Waals surface area contributed by atoms with Crippen molar-refractivity contribution in [2.45, 2.75) is 0 Å². The van der Waals surface area contributed by atoms with Gasteiger partial charge in [0.05, 0.1) is 10.2 Å². The van der Waals surface area contributed by atoms with Crippen LogP contribution in [-0.4, -0.2) is 15.0 Å². The molecule has 0 unspecified atom stereocenters. The van der Waals surface area contributed by atoms with Gasteiger partial charge < -0.3 is 0 Å². The largest absolute Gasteiger partial charge is 0.263 e. The Balaban J connectivity index is 1.97. The Bertz CT molecular complexity index is 707. The highest BCUT2D eigenvalue weighted by Crippen LogP contribution is 2.15. The first-order valence-electron chi connectivity index (χ1n) is 5.03. The monoisotopic (exact) mass is 237 g/mol. The van der Waals surface area contributed by atoms with E-state index in [0.29, 0.717) is 0 Å². The number of fused-ring (bicyclic) bond motifs is 1. The van der Waals surface area contributed by atoms with Gasteiger partial charge in [0.1, 0.15) is 0 Å². The summed E-state index contributed by atoms with van der Waals surface area (Å²) in [4.78, 5) is 12.4. The zero-order valence-corrected chi connectivity index (χ0v) is 9.61. The molecule has 80 valence electrons. The second-order valence-electron chi connectivity index (χ2n) is 3.39. The van der Waals surface area contributed by atoms with Crippen molar-refractivity contribution in [3.8, 4) is 11.8 Å². The molecule has 3 nitrogen and oxygen atoms in total. The lowest BCUT2D eigenvalue weighted by Gasteiger charge is -1.90. The first-order valence-corrected chi connectivity index (χ1v) is 5.91. The molecule has 3 rings (SSSR count). The zero-order chi connectivity index (χ0) is 11.5. The molecule has 0 spiro atoms. The first-order chi connectivity index (χ1) is 8.42. The van der Waals surface area contributed by atoms with Gasteiger partial charge in [-0.25, -0.2) is 9.97 Å². The minimum absolute atomic E-state index is 0.780. The number of hydrogen-bond acceptors (Lipinski definition) is 4. The molecule has 0 aromatic carbocycles. The molecule has 3 heterocycles. The van der Waals surface area contributed by atoms with Gasteiger partial charge in [0.15, 0.2) is 5.65 Å². The van der Waals surface area contributed by atoms with Crippen LogP contribution in [0.2, 0.25) is 0 Å². The van der Waals surface area contributed by atoms with Crippen LogP contribution in [0.5, 0.6) is 0 Å². The van der Waals surface area contributed by atoms with Crippen LogP contribution in [0.15, 0.2) is 42.3 Å². The quantitative estimate of drug-likeness (QED) is 0.564. The molecule has 0 aliphatic heterocycles. The highest BCUT2D eigenvalue weighted by Gasteiger charge is 1.97. The third kappa shape index (κ3) is 2.14. The van der Waals surface area contributed by atoms with Crippen molar-refractivity contribution >= 4 is 21.7 Å². The normalized spacial score (nSPS) is 9.88. The van der Waals surface area contributed by atoms with Crippen LogP contribution in [0.25, 0.3) is 10.3 Å². The number of nitrogens with zero attached hydrogens (tertiary/aromatic N) is 3. The molecule has 0 N–H and O–H groups in total. The first kappa shape index (κ1) is 9.94. The predicted molar refractivity (Wildman–Crippen MR) is 67.6 cm³/mol.